The van der Waals surface area contributed by atoms with Crippen LogP contribution in [-0.2, 0) is 0 Å². The average molecular weight is 132 g/mol. The van der Waals surface area contributed by atoms with E-state index >= 15 is 0 Å². The standard InChI is InChI=1S/C5H8ClSi/c1-3-7(4-2)5-6/h3-4H,1-2,5H2. The lowest BCUT2D eigenvalue weighted by molar-refractivity contribution is 2.01. The minimum absolute atomic E-state index is 0.569. The zero-order valence-corrected chi connectivity index (χ0v) is 5.91. The molecule has 0 N–H and O–H groups in total. The smallest absolute Gasteiger partial charge is 0.118 e. The summed E-state index contributed by atoms with van der Waals surface area (Å²) in [4.78, 5) is 0. The van der Waals surface area contributed by atoms with E-state index < -0.39 is 8.80 Å². The third kappa shape index (κ3) is 2.66. The van der Waals surface area contributed by atoms with Gasteiger partial charge in [0.2, 0.25) is 0 Å². The van der Waals surface area contributed by atoms with E-state index in [9.17, 15) is 0 Å². The van der Waals surface area contributed by atoms with Crippen molar-refractivity contribution in [3.8, 4) is 0 Å². The van der Waals surface area contributed by atoms with E-state index in [1.807, 2.05) is 11.4 Å². The Morgan fingerprint density at radius 2 is 1.86 bits per heavy atom. The third-order valence-electron chi connectivity index (χ3n) is 0.679. The third-order valence-corrected chi connectivity index (χ3v) is 2.96. The summed E-state index contributed by atoms with van der Waals surface area (Å²) in [5.41, 5.74) is 4.45. The van der Waals surface area contributed by atoms with Crippen LogP contribution in [-0.4, -0.2) is 14.3 Å². The quantitative estimate of drug-likeness (QED) is 0.404. The van der Waals surface area contributed by atoms with Gasteiger partial charge in [0.1, 0.15) is 8.80 Å². The number of alkyl halides is 1. The molecule has 0 nitrogen and oxygen atoms in total. The number of hydrogen-bond donors (Lipinski definition) is 0. The van der Waals surface area contributed by atoms with Crippen molar-refractivity contribution in [2.45, 2.75) is 0 Å². The van der Waals surface area contributed by atoms with Crippen LogP contribution in [0, 0.1) is 0 Å². The Kier molecular flexibility index (Phi) is 4.15. The number of rotatable bonds is 3. The first-order chi connectivity index (χ1) is 3.35. The summed E-state index contributed by atoms with van der Waals surface area (Å²) in [6.45, 7) is 7.18. The Morgan fingerprint density at radius 3 is 1.86 bits per heavy atom. The van der Waals surface area contributed by atoms with Gasteiger partial charge in [-0.15, -0.1) is 24.8 Å². The summed E-state index contributed by atoms with van der Waals surface area (Å²) < 4.78 is 0. The fraction of sp³-hybridized carbons (Fsp3) is 0.200. The van der Waals surface area contributed by atoms with E-state index in [4.69, 9.17) is 11.6 Å². The van der Waals surface area contributed by atoms with Crippen LogP contribution in [0.3, 0.4) is 0 Å². The van der Waals surface area contributed by atoms with Gasteiger partial charge < -0.3 is 0 Å². The molecule has 0 atom stereocenters. The van der Waals surface area contributed by atoms with Crippen LogP contribution < -0.4 is 0 Å². The molecule has 0 heterocycles. The molecule has 0 aliphatic heterocycles. The zero-order chi connectivity index (χ0) is 5.70. The van der Waals surface area contributed by atoms with Gasteiger partial charge >= 0.3 is 0 Å². The molecule has 0 fully saturated rings. The van der Waals surface area contributed by atoms with E-state index in [0.717, 1.165) is 0 Å². The largest absolute Gasteiger partial charge is 0.130 e. The van der Waals surface area contributed by atoms with Crippen molar-refractivity contribution in [2.24, 2.45) is 0 Å². The topological polar surface area (TPSA) is 0 Å². The van der Waals surface area contributed by atoms with E-state index in [1.165, 1.54) is 0 Å². The molecule has 0 amide bonds. The van der Waals surface area contributed by atoms with Gasteiger partial charge in [-0.2, -0.15) is 0 Å². The normalized spacial score (nSPS) is 8.86. The number of hydrogen-bond acceptors (Lipinski definition) is 0. The first kappa shape index (κ1) is 6.99. The maximum absolute atomic E-state index is 5.47. The van der Waals surface area contributed by atoms with Crippen molar-refractivity contribution < 1.29 is 0 Å². The minimum atomic E-state index is -0.569. The average Bonchev–Trinajstić information content (AvgIpc) is 1.72. The molecule has 0 unspecified atom stereocenters. The van der Waals surface area contributed by atoms with Crippen LogP contribution in [0.15, 0.2) is 24.6 Å². The summed E-state index contributed by atoms with van der Waals surface area (Å²) in [7, 11) is -0.569. The van der Waals surface area contributed by atoms with Crippen LogP contribution in [0.25, 0.3) is 0 Å². The lowest BCUT2D eigenvalue weighted by Crippen LogP contribution is -2.06. The summed E-state index contributed by atoms with van der Waals surface area (Å²) in [6.07, 6.45) is 0. The fourth-order valence-electron chi connectivity index (χ4n) is 0.192. The molecule has 2 heteroatoms. The molecule has 0 spiro atoms. The van der Waals surface area contributed by atoms with E-state index in [0.29, 0.717) is 5.50 Å². The first-order valence-corrected chi connectivity index (χ1v) is 4.41. The molecule has 0 saturated heterocycles. The molecular formula is C5H8ClSi. The Morgan fingerprint density at radius 1 is 1.43 bits per heavy atom. The Labute approximate surface area is 51.1 Å². The Bertz CT molecular complexity index is 62.5. The fourth-order valence-corrected chi connectivity index (χ4v) is 1.23. The molecule has 0 aromatic heterocycles. The SMILES string of the molecule is C=C[Si](C=C)CCl. The molecular weight excluding hydrogens is 124 g/mol. The van der Waals surface area contributed by atoms with Crippen molar-refractivity contribution in [1.82, 2.24) is 0 Å². The second kappa shape index (κ2) is 4.15. The maximum atomic E-state index is 5.47. The van der Waals surface area contributed by atoms with Crippen LogP contribution >= 0.6 is 11.6 Å². The van der Waals surface area contributed by atoms with Gasteiger partial charge in [-0.1, -0.05) is 11.4 Å². The molecule has 0 aliphatic carbocycles. The van der Waals surface area contributed by atoms with Crippen LogP contribution in [0.4, 0.5) is 0 Å². The van der Waals surface area contributed by atoms with Gasteiger partial charge in [-0.25, -0.2) is 0 Å². The van der Waals surface area contributed by atoms with E-state index in [1.54, 1.807) is 0 Å². The lowest BCUT2D eigenvalue weighted by Gasteiger charge is -1.91. The Balaban J connectivity index is 3.36. The van der Waals surface area contributed by atoms with Crippen molar-refractivity contribution >= 4 is 20.4 Å². The summed E-state index contributed by atoms with van der Waals surface area (Å²) in [5.74, 6) is 0. The van der Waals surface area contributed by atoms with Gasteiger partial charge in [-0.05, 0) is 0 Å². The zero-order valence-electron chi connectivity index (χ0n) is 4.15. The van der Waals surface area contributed by atoms with Crippen molar-refractivity contribution in [3.05, 3.63) is 24.6 Å². The number of halogens is 1. The predicted octanol–water partition coefficient (Wildman–Crippen LogP) is 1.71. The van der Waals surface area contributed by atoms with Gasteiger partial charge in [0.25, 0.3) is 0 Å². The highest BCUT2D eigenvalue weighted by atomic mass is 35.5. The second-order valence-electron chi connectivity index (χ2n) is 1.12. The van der Waals surface area contributed by atoms with E-state index in [2.05, 4.69) is 13.2 Å². The highest BCUT2D eigenvalue weighted by Crippen LogP contribution is 1.86. The molecule has 0 bridgehead atoms. The molecule has 1 radical (unpaired) electrons. The summed E-state index contributed by atoms with van der Waals surface area (Å²) >= 11 is 5.47. The molecule has 0 saturated carbocycles. The summed E-state index contributed by atoms with van der Waals surface area (Å²) in [6, 6.07) is 0. The van der Waals surface area contributed by atoms with Gasteiger partial charge in [0, 0.05) is 5.50 Å². The van der Waals surface area contributed by atoms with Crippen molar-refractivity contribution in [2.75, 3.05) is 5.50 Å². The van der Waals surface area contributed by atoms with E-state index in [-0.39, 0.29) is 0 Å². The summed E-state index contributed by atoms with van der Waals surface area (Å²) in [5, 5.41) is 0. The van der Waals surface area contributed by atoms with Gasteiger partial charge in [0.05, 0.1) is 0 Å². The predicted molar refractivity (Wildman–Crippen MR) is 36.9 cm³/mol. The highest BCUT2D eigenvalue weighted by molar-refractivity contribution is 6.75. The van der Waals surface area contributed by atoms with Gasteiger partial charge in [0.15, 0.2) is 0 Å². The molecule has 0 rings (SSSR count). The molecule has 7 heavy (non-hydrogen) atoms. The van der Waals surface area contributed by atoms with Crippen molar-refractivity contribution in [1.29, 1.82) is 0 Å². The molecule has 0 aliphatic rings. The second-order valence-corrected chi connectivity index (χ2v) is 4.15. The highest BCUT2D eigenvalue weighted by Gasteiger charge is 1.94. The van der Waals surface area contributed by atoms with Crippen molar-refractivity contribution in [3.63, 3.8) is 0 Å². The first-order valence-electron chi connectivity index (χ1n) is 2.01. The van der Waals surface area contributed by atoms with Crippen LogP contribution in [0.5, 0.6) is 0 Å². The molecule has 39 valence electrons. The Hall–Kier alpha value is -0.0131. The minimum Gasteiger partial charge on any atom is -0.130 e. The maximum Gasteiger partial charge on any atom is 0.118 e. The van der Waals surface area contributed by atoms with Gasteiger partial charge in [-0.3, -0.25) is 0 Å². The monoisotopic (exact) mass is 131 g/mol. The van der Waals surface area contributed by atoms with Crippen LogP contribution in [0.1, 0.15) is 0 Å². The molecule has 0 aromatic carbocycles. The lowest BCUT2D eigenvalue weighted by atomic mass is 11.2. The van der Waals surface area contributed by atoms with Crippen LogP contribution in [0.2, 0.25) is 0 Å². The molecule has 0 aromatic rings.